The molecule has 0 fully saturated rings. The lowest BCUT2D eigenvalue weighted by Gasteiger charge is -2.24. The van der Waals surface area contributed by atoms with Crippen LogP contribution >= 0.6 is 0 Å². The summed E-state index contributed by atoms with van der Waals surface area (Å²) in [5.41, 5.74) is 7.21. The summed E-state index contributed by atoms with van der Waals surface area (Å²) < 4.78 is 6.64. The van der Waals surface area contributed by atoms with Crippen LogP contribution in [0.2, 0.25) is 0 Å². The molecule has 1 heterocycles. The zero-order valence-electron chi connectivity index (χ0n) is 22.3. The monoisotopic (exact) mass is 520 g/mol. The van der Waals surface area contributed by atoms with Crippen LogP contribution in [0.15, 0.2) is 146 Å². The molecule has 1 heteroatoms. The van der Waals surface area contributed by atoms with Crippen molar-refractivity contribution < 1.29 is 4.74 Å². The largest absolute Gasteiger partial charge is 0.456 e. The summed E-state index contributed by atoms with van der Waals surface area (Å²) in [4.78, 5) is 0. The normalized spacial score (nSPS) is 12.1. The Labute approximate surface area is 237 Å². The third kappa shape index (κ3) is 3.30. The highest BCUT2D eigenvalue weighted by molar-refractivity contribution is 6.23. The predicted octanol–water partition coefficient (Wildman–Crippen LogP) is 11.4. The first-order chi connectivity index (χ1) is 20.3. The molecule has 0 atom stereocenters. The van der Waals surface area contributed by atoms with Crippen molar-refractivity contribution in [2.45, 2.75) is 0 Å². The standard InChI is InChI=1S/C40H24O/c1-2-9-25(10-3-1)27-18-19-31-32-15-8-16-33-34(21-22-37(40(32)33)41-38(31)24-27)39-30-14-7-5-12-28(30)23-36-29-13-6-4-11-26(29)17-20-35(36)39/h1-24H. The number of rotatable bonds is 2. The maximum atomic E-state index is 6.64. The molecule has 0 saturated heterocycles. The van der Waals surface area contributed by atoms with Crippen LogP contribution in [-0.4, -0.2) is 0 Å². The van der Waals surface area contributed by atoms with Gasteiger partial charge in [-0.2, -0.15) is 0 Å². The van der Waals surface area contributed by atoms with Gasteiger partial charge in [-0.3, -0.25) is 0 Å². The van der Waals surface area contributed by atoms with Gasteiger partial charge in [-0.1, -0.05) is 115 Å². The summed E-state index contributed by atoms with van der Waals surface area (Å²) in [6, 6.07) is 52.5. The Morgan fingerprint density at radius 1 is 0.341 bits per heavy atom. The van der Waals surface area contributed by atoms with E-state index in [-0.39, 0.29) is 0 Å². The minimum Gasteiger partial charge on any atom is -0.456 e. The Morgan fingerprint density at radius 2 is 1.10 bits per heavy atom. The van der Waals surface area contributed by atoms with Crippen LogP contribution in [0.3, 0.4) is 0 Å². The third-order valence-electron chi connectivity index (χ3n) is 8.64. The van der Waals surface area contributed by atoms with Crippen molar-refractivity contribution in [3.8, 4) is 44.9 Å². The fraction of sp³-hybridized carbons (Fsp3) is 0. The highest BCUT2D eigenvalue weighted by Gasteiger charge is 2.23. The van der Waals surface area contributed by atoms with E-state index >= 15 is 0 Å². The summed E-state index contributed by atoms with van der Waals surface area (Å²) in [5.74, 6) is 1.81. The molecule has 0 aromatic heterocycles. The number of hydrogen-bond donors (Lipinski definition) is 0. The first-order valence-corrected chi connectivity index (χ1v) is 14.1. The van der Waals surface area contributed by atoms with E-state index in [1.807, 2.05) is 0 Å². The van der Waals surface area contributed by atoms with Gasteiger partial charge in [0.25, 0.3) is 0 Å². The van der Waals surface area contributed by atoms with Gasteiger partial charge in [-0.15, -0.1) is 0 Å². The molecule has 0 N–H and O–H groups in total. The Kier molecular flexibility index (Phi) is 4.67. The van der Waals surface area contributed by atoms with E-state index in [1.165, 1.54) is 65.3 Å². The van der Waals surface area contributed by atoms with Gasteiger partial charge < -0.3 is 4.74 Å². The van der Waals surface area contributed by atoms with Gasteiger partial charge in [0.15, 0.2) is 0 Å². The molecular weight excluding hydrogens is 496 g/mol. The van der Waals surface area contributed by atoms with Crippen LogP contribution in [0.25, 0.3) is 76.5 Å². The summed E-state index contributed by atoms with van der Waals surface area (Å²) in [5, 5.41) is 10.0. The van der Waals surface area contributed by atoms with Gasteiger partial charge in [0.2, 0.25) is 0 Å². The average molecular weight is 521 g/mol. The van der Waals surface area contributed by atoms with E-state index in [2.05, 4.69) is 146 Å². The van der Waals surface area contributed by atoms with E-state index in [0.29, 0.717) is 0 Å². The number of hydrogen-bond acceptors (Lipinski definition) is 1. The minimum atomic E-state index is 0.904. The van der Waals surface area contributed by atoms with Gasteiger partial charge in [0.1, 0.15) is 11.5 Å². The lowest BCUT2D eigenvalue weighted by molar-refractivity contribution is 0.487. The molecule has 41 heavy (non-hydrogen) atoms. The van der Waals surface area contributed by atoms with Crippen molar-refractivity contribution in [2.24, 2.45) is 0 Å². The van der Waals surface area contributed by atoms with Gasteiger partial charge in [0, 0.05) is 10.9 Å². The van der Waals surface area contributed by atoms with Crippen LogP contribution in [0.4, 0.5) is 0 Å². The molecule has 190 valence electrons. The fourth-order valence-corrected chi connectivity index (χ4v) is 6.77. The molecule has 8 aromatic carbocycles. The highest BCUT2D eigenvalue weighted by atomic mass is 16.5. The molecule has 0 radical (unpaired) electrons. The van der Waals surface area contributed by atoms with Gasteiger partial charge >= 0.3 is 0 Å². The van der Waals surface area contributed by atoms with Crippen molar-refractivity contribution >= 4 is 43.1 Å². The van der Waals surface area contributed by atoms with Crippen LogP contribution in [0.5, 0.6) is 11.5 Å². The maximum Gasteiger partial charge on any atom is 0.135 e. The molecule has 0 unspecified atom stereocenters. The summed E-state index contributed by atoms with van der Waals surface area (Å²) in [6.45, 7) is 0. The second kappa shape index (κ2) is 8.55. The molecule has 0 amide bonds. The number of fused-ring (bicyclic) bond motifs is 6. The summed E-state index contributed by atoms with van der Waals surface area (Å²) >= 11 is 0. The molecule has 0 bridgehead atoms. The molecular formula is C40H24O. The van der Waals surface area contributed by atoms with E-state index in [9.17, 15) is 0 Å². The summed E-state index contributed by atoms with van der Waals surface area (Å²) in [6.07, 6.45) is 0. The second-order valence-electron chi connectivity index (χ2n) is 10.9. The van der Waals surface area contributed by atoms with Crippen molar-refractivity contribution in [1.29, 1.82) is 0 Å². The summed E-state index contributed by atoms with van der Waals surface area (Å²) in [7, 11) is 0. The van der Waals surface area contributed by atoms with Crippen LogP contribution in [-0.2, 0) is 0 Å². The van der Waals surface area contributed by atoms with E-state index in [4.69, 9.17) is 4.74 Å². The first kappa shape index (κ1) is 22.4. The van der Waals surface area contributed by atoms with E-state index in [1.54, 1.807) is 0 Å². The molecule has 8 aromatic rings. The fourth-order valence-electron chi connectivity index (χ4n) is 6.77. The maximum absolute atomic E-state index is 6.64. The Morgan fingerprint density at radius 3 is 2.00 bits per heavy atom. The Hall–Kier alpha value is -5.40. The van der Waals surface area contributed by atoms with Crippen molar-refractivity contribution in [1.82, 2.24) is 0 Å². The van der Waals surface area contributed by atoms with Crippen molar-refractivity contribution in [2.75, 3.05) is 0 Å². The molecule has 0 spiro atoms. The highest BCUT2D eigenvalue weighted by Crippen LogP contribution is 2.51. The minimum absolute atomic E-state index is 0.904. The van der Waals surface area contributed by atoms with Gasteiger partial charge in [0.05, 0.1) is 0 Å². The smallest absolute Gasteiger partial charge is 0.135 e. The molecule has 9 rings (SSSR count). The molecule has 1 nitrogen and oxygen atoms in total. The van der Waals surface area contributed by atoms with Gasteiger partial charge in [-0.25, -0.2) is 0 Å². The Bertz CT molecular complexity index is 2330. The zero-order chi connectivity index (χ0) is 26.9. The Balaban J connectivity index is 1.33. The predicted molar refractivity (Wildman–Crippen MR) is 173 cm³/mol. The second-order valence-corrected chi connectivity index (χ2v) is 10.9. The van der Waals surface area contributed by atoms with Gasteiger partial charge in [-0.05, 0) is 95.9 Å². The van der Waals surface area contributed by atoms with Crippen molar-refractivity contribution in [3.05, 3.63) is 146 Å². The lowest BCUT2D eigenvalue weighted by Crippen LogP contribution is -1.98. The third-order valence-corrected chi connectivity index (χ3v) is 8.64. The molecule has 1 aliphatic rings. The first-order valence-electron chi connectivity index (χ1n) is 14.1. The molecule has 1 aliphatic heterocycles. The number of ether oxygens (including phenoxy) is 1. The van der Waals surface area contributed by atoms with Crippen LogP contribution in [0, 0.1) is 0 Å². The SMILES string of the molecule is c1ccc(-c2ccc3c(c2)Oc2ccc(-c4c5ccccc5cc5c4ccc4ccccc45)c4cccc-3c24)cc1. The molecule has 0 saturated carbocycles. The lowest BCUT2D eigenvalue weighted by atomic mass is 9.85. The zero-order valence-corrected chi connectivity index (χ0v) is 22.3. The average Bonchev–Trinajstić information content (AvgIpc) is 3.04. The quantitative estimate of drug-likeness (QED) is 0.163. The van der Waals surface area contributed by atoms with Crippen LogP contribution in [0.1, 0.15) is 0 Å². The van der Waals surface area contributed by atoms with Crippen LogP contribution < -0.4 is 4.74 Å². The molecule has 0 aliphatic carbocycles. The van der Waals surface area contributed by atoms with Crippen molar-refractivity contribution in [3.63, 3.8) is 0 Å². The van der Waals surface area contributed by atoms with E-state index < -0.39 is 0 Å². The number of benzene rings is 8. The van der Waals surface area contributed by atoms with E-state index in [0.717, 1.165) is 22.6 Å². The topological polar surface area (TPSA) is 9.23 Å².